The van der Waals surface area contributed by atoms with Crippen molar-refractivity contribution in [3.05, 3.63) is 57.1 Å². The number of aryl methyl sites for hydroxylation is 2. The molecule has 2 aromatic carbocycles. The van der Waals surface area contributed by atoms with Crippen LogP contribution < -0.4 is 9.47 Å². The molecule has 0 heterocycles. The molecular weight excluding hydrogens is 352 g/mol. The van der Waals surface area contributed by atoms with Gasteiger partial charge < -0.3 is 9.47 Å². The third kappa shape index (κ3) is 3.19. The molecule has 0 saturated carbocycles. The normalized spacial score (nSPS) is 12.1. The van der Waals surface area contributed by atoms with Crippen LogP contribution >= 0.6 is 27.5 Å². The zero-order valence-electron chi connectivity index (χ0n) is 12.5. The molecule has 0 amide bonds. The molecule has 0 spiro atoms. The van der Waals surface area contributed by atoms with Gasteiger partial charge in [-0.2, -0.15) is 0 Å². The Hall–Kier alpha value is -1.19. The number of hydrogen-bond donors (Lipinski definition) is 0. The largest absolute Gasteiger partial charge is 0.496 e. The van der Waals surface area contributed by atoms with E-state index in [9.17, 15) is 0 Å². The van der Waals surface area contributed by atoms with Crippen LogP contribution in [0, 0.1) is 13.8 Å². The molecule has 2 nitrogen and oxygen atoms in total. The summed E-state index contributed by atoms with van der Waals surface area (Å²) in [5.74, 6) is 1.48. The molecule has 4 heteroatoms. The lowest BCUT2D eigenvalue weighted by atomic mass is 9.95. The van der Waals surface area contributed by atoms with Crippen molar-refractivity contribution in [2.24, 2.45) is 0 Å². The molecule has 0 aliphatic carbocycles. The monoisotopic (exact) mass is 368 g/mol. The first-order chi connectivity index (χ1) is 9.99. The molecule has 0 saturated heterocycles. The van der Waals surface area contributed by atoms with Crippen molar-refractivity contribution in [1.29, 1.82) is 0 Å². The van der Waals surface area contributed by atoms with Crippen LogP contribution in [0.1, 0.15) is 27.6 Å². The highest BCUT2D eigenvalue weighted by atomic mass is 79.9. The van der Waals surface area contributed by atoms with Crippen LogP contribution in [0.3, 0.4) is 0 Å². The Morgan fingerprint density at radius 1 is 1.00 bits per heavy atom. The molecule has 2 rings (SSSR count). The predicted molar refractivity (Wildman–Crippen MR) is 90.9 cm³/mol. The highest BCUT2D eigenvalue weighted by Gasteiger charge is 2.21. The van der Waals surface area contributed by atoms with Crippen molar-refractivity contribution in [2.45, 2.75) is 19.2 Å². The lowest BCUT2D eigenvalue weighted by molar-refractivity contribution is 0.397. The molecule has 0 fully saturated rings. The molecule has 0 radical (unpaired) electrons. The van der Waals surface area contributed by atoms with Gasteiger partial charge in [-0.3, -0.25) is 0 Å². The Labute approximate surface area is 139 Å². The predicted octanol–water partition coefficient (Wildman–Crippen LogP) is 5.41. The van der Waals surface area contributed by atoms with Gasteiger partial charge in [0.05, 0.1) is 24.1 Å². The van der Waals surface area contributed by atoms with Crippen LogP contribution in [0.15, 0.2) is 34.8 Å². The highest BCUT2D eigenvalue weighted by molar-refractivity contribution is 9.10. The molecule has 112 valence electrons. The minimum Gasteiger partial charge on any atom is -0.496 e. The summed E-state index contributed by atoms with van der Waals surface area (Å²) in [4.78, 5) is 0. The maximum Gasteiger partial charge on any atom is 0.133 e. The zero-order chi connectivity index (χ0) is 15.6. The van der Waals surface area contributed by atoms with Crippen molar-refractivity contribution in [1.82, 2.24) is 0 Å². The summed E-state index contributed by atoms with van der Waals surface area (Å²) in [5.41, 5.74) is 4.34. The summed E-state index contributed by atoms with van der Waals surface area (Å²) in [6.07, 6.45) is 0. The fourth-order valence-electron chi connectivity index (χ4n) is 2.46. The van der Waals surface area contributed by atoms with Crippen LogP contribution in [-0.4, -0.2) is 14.2 Å². The molecule has 0 bridgehead atoms. The fraction of sp³-hybridized carbons (Fsp3) is 0.294. The highest BCUT2D eigenvalue weighted by Crippen LogP contribution is 2.42. The van der Waals surface area contributed by atoms with Gasteiger partial charge >= 0.3 is 0 Å². The lowest BCUT2D eigenvalue weighted by Gasteiger charge is -2.20. The summed E-state index contributed by atoms with van der Waals surface area (Å²) >= 11 is 10.2. The second-order valence-corrected chi connectivity index (χ2v) is 6.19. The summed E-state index contributed by atoms with van der Waals surface area (Å²) in [7, 11) is 3.28. The van der Waals surface area contributed by atoms with Crippen molar-refractivity contribution < 1.29 is 9.47 Å². The molecule has 1 atom stereocenters. The van der Waals surface area contributed by atoms with E-state index in [1.54, 1.807) is 14.2 Å². The number of methoxy groups -OCH3 is 2. The third-order valence-corrected chi connectivity index (χ3v) is 4.65. The van der Waals surface area contributed by atoms with Gasteiger partial charge in [-0.1, -0.05) is 18.2 Å². The van der Waals surface area contributed by atoms with E-state index in [0.29, 0.717) is 0 Å². The van der Waals surface area contributed by atoms with Gasteiger partial charge in [-0.15, -0.1) is 11.6 Å². The number of rotatable bonds is 4. The molecule has 1 unspecified atom stereocenters. The minimum absolute atomic E-state index is 0.289. The van der Waals surface area contributed by atoms with Gasteiger partial charge in [0.15, 0.2) is 0 Å². The number of alkyl halides is 1. The smallest absolute Gasteiger partial charge is 0.133 e. The Morgan fingerprint density at radius 2 is 1.57 bits per heavy atom. The van der Waals surface area contributed by atoms with Crippen molar-refractivity contribution in [3.63, 3.8) is 0 Å². The second-order valence-electron chi connectivity index (χ2n) is 4.90. The van der Waals surface area contributed by atoms with E-state index < -0.39 is 0 Å². The zero-order valence-corrected chi connectivity index (χ0v) is 14.9. The van der Waals surface area contributed by atoms with Crippen LogP contribution in [0.5, 0.6) is 11.5 Å². The first-order valence-electron chi connectivity index (χ1n) is 6.61. The van der Waals surface area contributed by atoms with Gasteiger partial charge in [-0.05, 0) is 58.6 Å². The van der Waals surface area contributed by atoms with E-state index in [2.05, 4.69) is 41.9 Å². The third-order valence-electron chi connectivity index (χ3n) is 3.57. The topological polar surface area (TPSA) is 18.5 Å². The van der Waals surface area contributed by atoms with Crippen LogP contribution in [0.2, 0.25) is 0 Å². The number of benzene rings is 2. The van der Waals surface area contributed by atoms with Gasteiger partial charge in [0, 0.05) is 5.56 Å². The molecule has 0 aliphatic rings. The van der Waals surface area contributed by atoms with Gasteiger partial charge in [0.25, 0.3) is 0 Å². The summed E-state index contributed by atoms with van der Waals surface area (Å²) in [6, 6.07) is 9.99. The van der Waals surface area contributed by atoms with E-state index in [4.69, 9.17) is 21.1 Å². The van der Waals surface area contributed by atoms with Crippen molar-refractivity contribution in [3.8, 4) is 11.5 Å². The average Bonchev–Trinajstić information content (AvgIpc) is 2.46. The quantitative estimate of drug-likeness (QED) is 0.671. The fourth-order valence-corrected chi connectivity index (χ4v) is 3.46. The van der Waals surface area contributed by atoms with Gasteiger partial charge in [0.2, 0.25) is 0 Å². The summed E-state index contributed by atoms with van der Waals surface area (Å²) in [5, 5.41) is -0.289. The van der Waals surface area contributed by atoms with Crippen molar-refractivity contribution >= 4 is 27.5 Å². The van der Waals surface area contributed by atoms with Crippen LogP contribution in [0.25, 0.3) is 0 Å². The summed E-state index contributed by atoms with van der Waals surface area (Å²) < 4.78 is 11.7. The van der Waals surface area contributed by atoms with Crippen LogP contribution in [0.4, 0.5) is 0 Å². The van der Waals surface area contributed by atoms with Gasteiger partial charge in [-0.25, -0.2) is 0 Å². The second kappa shape index (κ2) is 6.71. The first-order valence-corrected chi connectivity index (χ1v) is 7.84. The van der Waals surface area contributed by atoms with Gasteiger partial charge in [0.1, 0.15) is 11.5 Å². The molecule has 0 aliphatic heterocycles. The Bertz CT molecular complexity index is 635. The molecule has 0 N–H and O–H groups in total. The molecular formula is C17H18BrClO2. The van der Waals surface area contributed by atoms with Crippen molar-refractivity contribution in [2.75, 3.05) is 14.2 Å². The summed E-state index contributed by atoms with van der Waals surface area (Å²) in [6.45, 7) is 4.14. The molecule has 0 aromatic heterocycles. The van der Waals surface area contributed by atoms with E-state index in [1.807, 2.05) is 18.2 Å². The lowest BCUT2D eigenvalue weighted by Crippen LogP contribution is -2.03. The maximum atomic E-state index is 6.76. The van der Waals surface area contributed by atoms with E-state index in [-0.39, 0.29) is 5.38 Å². The molecule has 21 heavy (non-hydrogen) atoms. The number of ether oxygens (including phenoxy) is 2. The Balaban J connectivity index is 2.59. The Morgan fingerprint density at radius 3 is 2.10 bits per heavy atom. The molecule has 2 aromatic rings. The van der Waals surface area contributed by atoms with E-state index in [0.717, 1.165) is 27.1 Å². The van der Waals surface area contributed by atoms with E-state index >= 15 is 0 Å². The standard InChI is InChI=1S/C17H18BrClO2/c1-10-6-5-7-11(2)16(10)17(19)12-8-15(21-4)13(18)9-14(12)20-3/h5-9,17H,1-4H3. The Kier molecular flexibility index (Phi) is 5.17. The minimum atomic E-state index is -0.289. The average molecular weight is 370 g/mol. The van der Waals surface area contributed by atoms with Crippen LogP contribution in [-0.2, 0) is 0 Å². The SMILES string of the molecule is COc1cc(C(Cl)c2c(C)cccc2C)c(OC)cc1Br. The maximum absolute atomic E-state index is 6.76. The first kappa shape index (κ1) is 16.2. The number of halogens is 2. The number of hydrogen-bond acceptors (Lipinski definition) is 2. The van der Waals surface area contributed by atoms with E-state index in [1.165, 1.54) is 11.1 Å².